The molecule has 2 amide bonds. The van der Waals surface area contributed by atoms with Gasteiger partial charge in [0.05, 0.1) is 51.7 Å². The van der Waals surface area contributed by atoms with Gasteiger partial charge in [0, 0.05) is 19.6 Å². The van der Waals surface area contributed by atoms with Crippen LogP contribution in [-0.2, 0) is 36.9 Å². The molecule has 3 aliphatic rings. The number of hydrogen-bond acceptors (Lipinski definition) is 8. The van der Waals surface area contributed by atoms with E-state index in [0.29, 0.717) is 31.5 Å². The number of carbonyl (C=O) groups excluding carboxylic acids is 2. The Morgan fingerprint density at radius 2 is 1.67 bits per heavy atom. The quantitative estimate of drug-likeness (QED) is 0.452. The van der Waals surface area contributed by atoms with E-state index in [9.17, 15) is 31.2 Å². The molecule has 2 aromatic carbocycles. The second kappa shape index (κ2) is 10.3. The maximum atomic E-state index is 13.6. The number of morpholine rings is 1. The lowest BCUT2D eigenvalue weighted by molar-refractivity contribution is -0.169. The molecule has 14 heteroatoms. The highest BCUT2D eigenvalue weighted by molar-refractivity contribution is 7.89. The van der Waals surface area contributed by atoms with Gasteiger partial charge in [-0.25, -0.2) is 18.5 Å². The van der Waals surface area contributed by atoms with Crippen molar-refractivity contribution in [3.63, 3.8) is 0 Å². The summed E-state index contributed by atoms with van der Waals surface area (Å²) in [6.45, 7) is 4.81. The lowest BCUT2D eigenvalue weighted by Crippen LogP contribution is -2.58. The summed E-state index contributed by atoms with van der Waals surface area (Å²) < 4.78 is 75.2. The highest BCUT2D eigenvalue weighted by Crippen LogP contribution is 2.55. The summed E-state index contributed by atoms with van der Waals surface area (Å²) in [6.07, 6.45) is -4.55. The monoisotopic (exact) mass is 606 g/mol. The van der Waals surface area contributed by atoms with Gasteiger partial charge in [-0.1, -0.05) is 12.1 Å². The molecular formula is C28H29F3N4O6S. The molecule has 4 atom stereocenters. The zero-order valence-electron chi connectivity index (χ0n) is 22.8. The lowest BCUT2D eigenvalue weighted by atomic mass is 9.79. The molecule has 2 N–H and O–H groups in total. The number of fused-ring (bicyclic) bond motifs is 5. The van der Waals surface area contributed by atoms with Crippen LogP contribution in [0.3, 0.4) is 0 Å². The molecule has 3 saturated heterocycles. The van der Waals surface area contributed by atoms with E-state index >= 15 is 0 Å². The summed E-state index contributed by atoms with van der Waals surface area (Å²) in [7, 11) is -3.56. The van der Waals surface area contributed by atoms with Gasteiger partial charge >= 0.3 is 6.18 Å². The van der Waals surface area contributed by atoms with Crippen LogP contribution in [0, 0.1) is 23.2 Å². The molecule has 3 heterocycles. The smallest absolute Gasteiger partial charge is 0.417 e. The Kier molecular flexibility index (Phi) is 7.38. The number of sulfonamides is 1. The first-order valence-electron chi connectivity index (χ1n) is 13.2. The van der Waals surface area contributed by atoms with Crippen molar-refractivity contribution >= 4 is 27.5 Å². The summed E-state index contributed by atoms with van der Waals surface area (Å²) in [5, 5.41) is 14.2. The Morgan fingerprint density at radius 1 is 1.07 bits per heavy atom. The van der Waals surface area contributed by atoms with E-state index in [-0.39, 0.29) is 24.5 Å². The minimum absolute atomic E-state index is 0.158. The molecule has 0 aliphatic carbocycles. The lowest BCUT2D eigenvalue weighted by Gasteiger charge is -2.45. The first-order valence-corrected chi connectivity index (χ1v) is 14.9. The third kappa shape index (κ3) is 5.49. The van der Waals surface area contributed by atoms with E-state index in [1.54, 1.807) is 38.1 Å². The van der Waals surface area contributed by atoms with Crippen molar-refractivity contribution in [2.45, 2.75) is 37.6 Å². The van der Waals surface area contributed by atoms with E-state index in [1.165, 1.54) is 12.1 Å². The highest BCUT2D eigenvalue weighted by Gasteiger charge is 2.71. The molecule has 3 fully saturated rings. The van der Waals surface area contributed by atoms with Crippen molar-refractivity contribution in [1.29, 1.82) is 5.26 Å². The number of ether oxygens (including phenoxy) is 2. The maximum absolute atomic E-state index is 13.6. The van der Waals surface area contributed by atoms with Crippen LogP contribution in [0.15, 0.2) is 42.5 Å². The van der Waals surface area contributed by atoms with E-state index in [1.807, 2.05) is 4.90 Å². The van der Waals surface area contributed by atoms with Crippen LogP contribution in [0.4, 0.5) is 18.9 Å². The zero-order valence-corrected chi connectivity index (χ0v) is 23.7. The molecular weight excluding hydrogens is 577 g/mol. The molecule has 10 nitrogen and oxygen atoms in total. The average Bonchev–Trinajstić information content (AvgIpc) is 3.27. The van der Waals surface area contributed by atoms with Crippen molar-refractivity contribution in [1.82, 2.24) is 4.90 Å². The number of nitriles is 1. The number of benzene rings is 2. The fourth-order valence-corrected chi connectivity index (χ4v) is 7.01. The van der Waals surface area contributed by atoms with Crippen molar-refractivity contribution < 1.29 is 40.7 Å². The van der Waals surface area contributed by atoms with Gasteiger partial charge in [0.1, 0.15) is 12.4 Å². The zero-order chi connectivity index (χ0) is 30.7. The Balaban J connectivity index is 1.27. The van der Waals surface area contributed by atoms with Gasteiger partial charge in [-0.3, -0.25) is 14.5 Å². The first kappa shape index (κ1) is 30.0. The van der Waals surface area contributed by atoms with Crippen LogP contribution >= 0.6 is 0 Å². The topological polar surface area (TPSA) is 143 Å². The Hall–Kier alpha value is -3.51. The summed E-state index contributed by atoms with van der Waals surface area (Å²) in [5.41, 5.74) is -3.36. The third-order valence-corrected chi connectivity index (χ3v) is 8.90. The molecule has 224 valence electrons. The van der Waals surface area contributed by atoms with Crippen LogP contribution in [0.2, 0.25) is 0 Å². The molecule has 5 rings (SSSR count). The molecule has 4 unspecified atom stereocenters. The number of nitrogens with two attached hydrogens (primary N) is 1. The van der Waals surface area contributed by atoms with Crippen molar-refractivity contribution in [3.05, 3.63) is 59.2 Å². The van der Waals surface area contributed by atoms with Gasteiger partial charge in [-0.15, -0.1) is 0 Å². The second-order valence-corrected chi connectivity index (χ2v) is 13.1. The normalized spacial score (nSPS) is 27.7. The average molecular weight is 607 g/mol. The van der Waals surface area contributed by atoms with Gasteiger partial charge in [-0.05, 0) is 56.2 Å². The van der Waals surface area contributed by atoms with Gasteiger partial charge in [0.25, 0.3) is 0 Å². The van der Waals surface area contributed by atoms with Gasteiger partial charge in [0.15, 0.2) is 0 Å². The molecule has 0 radical (unpaired) electrons. The Bertz CT molecular complexity index is 1540. The van der Waals surface area contributed by atoms with Crippen LogP contribution in [-0.4, -0.2) is 68.3 Å². The first-order chi connectivity index (χ1) is 19.5. The van der Waals surface area contributed by atoms with Crippen LogP contribution < -0.4 is 14.8 Å². The maximum Gasteiger partial charge on any atom is 0.417 e. The minimum atomic E-state index is -4.83. The standard InChI is InChI=1S/C28H29F3N4O6S/c1-26-15-34(10-11-40-20-7-3-17(4-8-20)9-12-42(33,38)39)16-27(2,41-26)23-22(26)24(36)35(25(23)37)19-6-5-18(14-32)21(13-19)28(29,30)31/h3-8,13,22-23H,9-12,15-16H2,1-2H3,(H2,33,38,39). The molecule has 2 aromatic rings. The van der Waals surface area contributed by atoms with E-state index in [0.717, 1.165) is 16.5 Å². The van der Waals surface area contributed by atoms with E-state index in [4.69, 9.17) is 19.9 Å². The molecule has 3 aliphatic heterocycles. The number of hydrogen-bond donors (Lipinski definition) is 1. The number of likely N-dealkylation sites (tertiary alicyclic amines) is 1. The molecule has 2 bridgehead atoms. The number of alkyl halides is 3. The second-order valence-electron chi connectivity index (χ2n) is 11.4. The van der Waals surface area contributed by atoms with Crippen LogP contribution in [0.1, 0.15) is 30.5 Å². The highest BCUT2D eigenvalue weighted by atomic mass is 32.2. The van der Waals surface area contributed by atoms with E-state index in [2.05, 4.69) is 0 Å². The number of amides is 2. The SMILES string of the molecule is CC12CN(CCOc3ccc(CCS(N)(=O)=O)cc3)CC(C)(O1)C1C(=O)N(c3ccc(C#N)c(C(F)(F)F)c3)C(=O)C12. The minimum Gasteiger partial charge on any atom is -0.492 e. The summed E-state index contributed by atoms with van der Waals surface area (Å²) in [6, 6.07) is 11.3. The Labute approximate surface area is 240 Å². The van der Waals surface area contributed by atoms with Gasteiger partial charge < -0.3 is 9.47 Å². The fraction of sp³-hybridized carbons (Fsp3) is 0.464. The number of carbonyl (C=O) groups is 2. The summed E-state index contributed by atoms with van der Waals surface area (Å²) in [4.78, 5) is 30.1. The van der Waals surface area contributed by atoms with Crippen molar-refractivity contribution in [2.75, 3.05) is 36.9 Å². The van der Waals surface area contributed by atoms with Crippen molar-refractivity contribution in [2.24, 2.45) is 17.0 Å². The summed E-state index contributed by atoms with van der Waals surface area (Å²) >= 11 is 0. The number of anilines is 1. The number of primary sulfonamides is 1. The van der Waals surface area contributed by atoms with Gasteiger partial charge in [0.2, 0.25) is 21.8 Å². The summed E-state index contributed by atoms with van der Waals surface area (Å²) in [5.74, 6) is -2.62. The number of aryl methyl sites for hydroxylation is 1. The predicted molar refractivity (Wildman–Crippen MR) is 144 cm³/mol. The van der Waals surface area contributed by atoms with Crippen molar-refractivity contribution in [3.8, 4) is 11.8 Å². The molecule has 0 spiro atoms. The number of imide groups is 1. The number of halogens is 3. The van der Waals surface area contributed by atoms with E-state index < -0.39 is 62.2 Å². The van der Waals surface area contributed by atoms with Crippen LogP contribution in [0.5, 0.6) is 5.75 Å². The largest absolute Gasteiger partial charge is 0.492 e. The number of nitrogens with zero attached hydrogens (tertiary/aromatic N) is 3. The predicted octanol–water partition coefficient (Wildman–Crippen LogP) is 2.46. The van der Waals surface area contributed by atoms with Crippen LogP contribution in [0.25, 0.3) is 0 Å². The number of rotatable bonds is 8. The third-order valence-electron chi connectivity index (χ3n) is 8.13. The molecule has 42 heavy (non-hydrogen) atoms. The molecule has 0 aromatic heterocycles. The fourth-order valence-electron chi connectivity index (χ4n) is 6.49. The molecule has 0 saturated carbocycles. The Morgan fingerprint density at radius 3 is 2.19 bits per heavy atom. The van der Waals surface area contributed by atoms with Gasteiger partial charge in [-0.2, -0.15) is 18.4 Å².